The van der Waals surface area contributed by atoms with E-state index in [1.165, 1.54) is 6.42 Å². The second kappa shape index (κ2) is 8.79. The molecule has 0 bridgehead atoms. The van der Waals surface area contributed by atoms with Crippen molar-refractivity contribution in [2.24, 2.45) is 5.92 Å². The largest absolute Gasteiger partial charge is 0.494 e. The fourth-order valence-electron chi connectivity index (χ4n) is 3.02. The highest BCUT2D eigenvalue weighted by molar-refractivity contribution is 5.76. The zero-order valence-electron chi connectivity index (χ0n) is 13.7. The topological polar surface area (TPSA) is 50.4 Å². The van der Waals surface area contributed by atoms with Crippen molar-refractivity contribution in [1.29, 1.82) is 0 Å². The van der Waals surface area contributed by atoms with E-state index in [-0.39, 0.29) is 11.9 Å². The third kappa shape index (κ3) is 4.73. The predicted octanol–water partition coefficient (Wildman–Crippen LogP) is 3.04. The van der Waals surface area contributed by atoms with Crippen molar-refractivity contribution in [3.05, 3.63) is 29.8 Å². The average Bonchev–Trinajstić information content (AvgIpc) is 3.05. The van der Waals surface area contributed by atoms with Crippen LogP contribution in [-0.4, -0.2) is 25.6 Å². The number of hydrogen-bond donors (Lipinski definition) is 2. The Bertz CT molecular complexity index is 470. The van der Waals surface area contributed by atoms with E-state index in [1.54, 1.807) is 0 Å². The van der Waals surface area contributed by atoms with Crippen molar-refractivity contribution in [2.75, 3.05) is 19.7 Å². The second-order valence-electron chi connectivity index (χ2n) is 5.90. The maximum absolute atomic E-state index is 12.2. The van der Waals surface area contributed by atoms with Gasteiger partial charge in [0.25, 0.3) is 0 Å². The lowest BCUT2D eigenvalue weighted by Crippen LogP contribution is -2.28. The number of para-hydroxylation sites is 1. The first kappa shape index (κ1) is 16.8. The smallest absolute Gasteiger partial charge is 0.220 e. The van der Waals surface area contributed by atoms with Gasteiger partial charge in [0.1, 0.15) is 5.75 Å². The van der Waals surface area contributed by atoms with E-state index < -0.39 is 0 Å². The summed E-state index contributed by atoms with van der Waals surface area (Å²) >= 11 is 0. The van der Waals surface area contributed by atoms with Crippen molar-refractivity contribution in [3.8, 4) is 5.75 Å². The summed E-state index contributed by atoms with van der Waals surface area (Å²) in [4.78, 5) is 12.2. The quantitative estimate of drug-likeness (QED) is 0.776. The number of ether oxygens (including phenoxy) is 1. The van der Waals surface area contributed by atoms with E-state index in [0.717, 1.165) is 37.2 Å². The molecule has 2 rings (SSSR count). The van der Waals surface area contributed by atoms with Gasteiger partial charge in [-0.2, -0.15) is 0 Å². The normalized spacial score (nSPS) is 18.9. The van der Waals surface area contributed by atoms with E-state index in [9.17, 15) is 4.79 Å². The zero-order chi connectivity index (χ0) is 15.8. The second-order valence-corrected chi connectivity index (χ2v) is 5.90. The monoisotopic (exact) mass is 304 g/mol. The summed E-state index contributed by atoms with van der Waals surface area (Å²) in [5.41, 5.74) is 1.07. The summed E-state index contributed by atoms with van der Waals surface area (Å²) in [5.74, 6) is 1.67. The minimum atomic E-state index is 0.0250. The highest BCUT2D eigenvalue weighted by Crippen LogP contribution is 2.27. The van der Waals surface area contributed by atoms with Gasteiger partial charge in [-0.05, 0) is 51.3 Å². The zero-order valence-corrected chi connectivity index (χ0v) is 13.7. The van der Waals surface area contributed by atoms with E-state index in [1.807, 2.05) is 31.2 Å². The van der Waals surface area contributed by atoms with Crippen LogP contribution in [0.3, 0.4) is 0 Å². The Morgan fingerprint density at radius 1 is 1.41 bits per heavy atom. The molecule has 1 saturated heterocycles. The van der Waals surface area contributed by atoms with Crippen molar-refractivity contribution >= 4 is 5.91 Å². The molecule has 0 radical (unpaired) electrons. The Labute approximate surface area is 133 Å². The van der Waals surface area contributed by atoms with Crippen LogP contribution in [0.2, 0.25) is 0 Å². The van der Waals surface area contributed by atoms with E-state index in [2.05, 4.69) is 17.6 Å². The SMILES string of the molecule is CCOc1ccccc1C(CC)NC(=O)CCC1CCNC1. The van der Waals surface area contributed by atoms with Gasteiger partial charge in [-0.25, -0.2) is 0 Å². The van der Waals surface area contributed by atoms with Crippen LogP contribution in [0, 0.1) is 5.92 Å². The molecule has 22 heavy (non-hydrogen) atoms. The van der Waals surface area contributed by atoms with Gasteiger partial charge in [-0.1, -0.05) is 25.1 Å². The van der Waals surface area contributed by atoms with Crippen LogP contribution in [0.5, 0.6) is 5.75 Å². The Morgan fingerprint density at radius 2 is 2.23 bits per heavy atom. The minimum absolute atomic E-state index is 0.0250. The molecule has 2 atom stereocenters. The molecule has 0 aliphatic carbocycles. The predicted molar refractivity (Wildman–Crippen MR) is 89.0 cm³/mol. The molecule has 4 heteroatoms. The highest BCUT2D eigenvalue weighted by Gasteiger charge is 2.19. The van der Waals surface area contributed by atoms with Gasteiger partial charge in [0.05, 0.1) is 12.6 Å². The molecule has 0 aromatic heterocycles. The van der Waals surface area contributed by atoms with Crippen molar-refractivity contribution in [1.82, 2.24) is 10.6 Å². The molecule has 1 heterocycles. The summed E-state index contributed by atoms with van der Waals surface area (Å²) in [5, 5.41) is 6.51. The summed E-state index contributed by atoms with van der Waals surface area (Å²) in [6, 6.07) is 8.00. The number of nitrogens with one attached hydrogen (secondary N) is 2. The molecule has 4 nitrogen and oxygen atoms in total. The summed E-state index contributed by atoms with van der Waals surface area (Å²) < 4.78 is 5.68. The molecule has 1 aliphatic rings. The Kier molecular flexibility index (Phi) is 6.72. The highest BCUT2D eigenvalue weighted by atomic mass is 16.5. The first-order valence-electron chi connectivity index (χ1n) is 8.46. The molecular weight excluding hydrogens is 276 g/mol. The molecule has 1 fully saturated rings. The molecule has 0 saturated carbocycles. The average molecular weight is 304 g/mol. The number of carbonyl (C=O) groups is 1. The van der Waals surface area contributed by atoms with Gasteiger partial charge < -0.3 is 15.4 Å². The fraction of sp³-hybridized carbons (Fsp3) is 0.611. The Morgan fingerprint density at radius 3 is 2.91 bits per heavy atom. The van der Waals surface area contributed by atoms with Gasteiger partial charge in [-0.15, -0.1) is 0 Å². The lowest BCUT2D eigenvalue weighted by molar-refractivity contribution is -0.122. The van der Waals surface area contributed by atoms with Crippen molar-refractivity contribution in [2.45, 2.75) is 45.6 Å². The number of benzene rings is 1. The lowest BCUT2D eigenvalue weighted by Gasteiger charge is -2.21. The molecule has 2 N–H and O–H groups in total. The van der Waals surface area contributed by atoms with Crippen LogP contribution in [0.15, 0.2) is 24.3 Å². The maximum Gasteiger partial charge on any atom is 0.220 e. The van der Waals surface area contributed by atoms with E-state index in [4.69, 9.17) is 4.74 Å². The molecule has 1 amide bonds. The van der Waals surface area contributed by atoms with Gasteiger partial charge in [-0.3, -0.25) is 4.79 Å². The van der Waals surface area contributed by atoms with Crippen LogP contribution in [0.25, 0.3) is 0 Å². The van der Waals surface area contributed by atoms with E-state index in [0.29, 0.717) is 18.9 Å². The van der Waals surface area contributed by atoms with Crippen LogP contribution in [0.4, 0.5) is 0 Å². The molecule has 0 spiro atoms. The Hall–Kier alpha value is -1.55. The maximum atomic E-state index is 12.2. The number of hydrogen-bond acceptors (Lipinski definition) is 3. The first-order chi connectivity index (χ1) is 10.7. The fourth-order valence-corrected chi connectivity index (χ4v) is 3.02. The first-order valence-corrected chi connectivity index (χ1v) is 8.46. The van der Waals surface area contributed by atoms with Crippen molar-refractivity contribution in [3.63, 3.8) is 0 Å². The molecule has 1 aliphatic heterocycles. The van der Waals surface area contributed by atoms with Crippen LogP contribution < -0.4 is 15.4 Å². The number of rotatable bonds is 8. The van der Waals surface area contributed by atoms with E-state index >= 15 is 0 Å². The van der Waals surface area contributed by atoms with Crippen LogP contribution in [0.1, 0.15) is 51.1 Å². The third-order valence-electron chi connectivity index (χ3n) is 4.28. The third-order valence-corrected chi connectivity index (χ3v) is 4.28. The summed E-state index contributed by atoms with van der Waals surface area (Å²) in [6.45, 7) is 6.85. The standard InChI is InChI=1S/C18H28N2O2/c1-3-16(15-7-5-6-8-17(15)22-4-2)20-18(21)10-9-14-11-12-19-13-14/h5-8,14,16,19H,3-4,9-13H2,1-2H3,(H,20,21). The van der Waals surface area contributed by atoms with Crippen LogP contribution in [-0.2, 0) is 4.79 Å². The lowest BCUT2D eigenvalue weighted by atomic mass is 10.0. The van der Waals surface area contributed by atoms with Gasteiger partial charge in [0, 0.05) is 12.0 Å². The summed E-state index contributed by atoms with van der Waals surface area (Å²) in [6.07, 6.45) is 3.64. The number of amides is 1. The Balaban J connectivity index is 1.91. The molecule has 1 aromatic rings. The van der Waals surface area contributed by atoms with Crippen molar-refractivity contribution < 1.29 is 9.53 Å². The molecule has 122 valence electrons. The summed E-state index contributed by atoms with van der Waals surface area (Å²) in [7, 11) is 0. The minimum Gasteiger partial charge on any atom is -0.494 e. The molecule has 2 unspecified atom stereocenters. The van der Waals surface area contributed by atoms with Gasteiger partial charge >= 0.3 is 0 Å². The molecular formula is C18H28N2O2. The molecule has 1 aromatic carbocycles. The van der Waals surface area contributed by atoms with Crippen LogP contribution >= 0.6 is 0 Å². The van der Waals surface area contributed by atoms with Gasteiger partial charge in [0.2, 0.25) is 5.91 Å². The number of carbonyl (C=O) groups excluding carboxylic acids is 1. The van der Waals surface area contributed by atoms with Gasteiger partial charge in [0.15, 0.2) is 0 Å².